The highest BCUT2D eigenvalue weighted by atomic mass is 32.2. The molecule has 7 nitrogen and oxygen atoms in total. The van der Waals surface area contributed by atoms with Crippen LogP contribution in [0.15, 0.2) is 59.5 Å². The summed E-state index contributed by atoms with van der Waals surface area (Å²) >= 11 is 0.907. The number of aromatic nitrogens is 1. The number of hydrogen-bond acceptors (Lipinski definition) is 6. The lowest BCUT2D eigenvalue weighted by molar-refractivity contribution is -0.113. The molecule has 0 spiro atoms. The van der Waals surface area contributed by atoms with Crippen molar-refractivity contribution in [3.05, 3.63) is 82.0 Å². The van der Waals surface area contributed by atoms with E-state index >= 15 is 0 Å². The Morgan fingerprint density at radius 2 is 1.70 bits per heavy atom. The quantitative estimate of drug-likeness (QED) is 0.386. The summed E-state index contributed by atoms with van der Waals surface area (Å²) in [5.74, 6) is -0.135. The molecule has 0 saturated carbocycles. The van der Waals surface area contributed by atoms with Crippen molar-refractivity contribution in [2.45, 2.75) is 13.8 Å². The molecule has 1 aromatic heterocycles. The van der Waals surface area contributed by atoms with Gasteiger partial charge in [-0.05, 0) is 85.8 Å². The van der Waals surface area contributed by atoms with E-state index in [2.05, 4.69) is 0 Å². The van der Waals surface area contributed by atoms with Crippen LogP contribution in [0.4, 0.5) is 10.5 Å². The molecule has 1 saturated heterocycles. The molecule has 0 unspecified atom stereocenters. The average molecular weight is 463 g/mol. The Morgan fingerprint density at radius 1 is 0.970 bits per heavy atom. The SMILES string of the molecule is COC(=O)c1cccc(-n2c(C)cc(/C=C3\SC(=O)N(c4ccc(OC)cc4)C3=O)c2C)c1. The summed E-state index contributed by atoms with van der Waals surface area (Å²) in [7, 11) is 2.90. The number of rotatable bonds is 5. The number of benzene rings is 2. The van der Waals surface area contributed by atoms with Crippen molar-refractivity contribution < 1.29 is 23.9 Å². The van der Waals surface area contributed by atoms with E-state index in [1.165, 1.54) is 7.11 Å². The van der Waals surface area contributed by atoms with Crippen LogP contribution in [0, 0.1) is 13.8 Å². The maximum atomic E-state index is 13.0. The number of amides is 2. The van der Waals surface area contributed by atoms with Crippen LogP contribution in [0.2, 0.25) is 0 Å². The Labute approximate surface area is 195 Å². The third kappa shape index (κ3) is 4.17. The molecule has 1 aliphatic heterocycles. The summed E-state index contributed by atoms with van der Waals surface area (Å²) < 4.78 is 12.0. The summed E-state index contributed by atoms with van der Waals surface area (Å²) in [5.41, 5.74) is 4.37. The molecule has 168 valence electrons. The molecule has 0 N–H and O–H groups in total. The average Bonchev–Trinajstić information content (AvgIpc) is 3.26. The van der Waals surface area contributed by atoms with E-state index in [0.29, 0.717) is 21.9 Å². The molecule has 0 aliphatic carbocycles. The lowest BCUT2D eigenvalue weighted by Gasteiger charge is -2.12. The Hall–Kier alpha value is -3.78. The Kier molecular flexibility index (Phi) is 6.11. The minimum absolute atomic E-state index is 0.347. The second-order valence-corrected chi connectivity index (χ2v) is 8.41. The second kappa shape index (κ2) is 8.99. The molecule has 2 aromatic carbocycles. The predicted octanol–water partition coefficient (Wildman–Crippen LogP) is 5.13. The van der Waals surface area contributed by atoms with Crippen molar-refractivity contribution in [1.29, 1.82) is 0 Å². The molecule has 0 radical (unpaired) electrons. The molecule has 1 fully saturated rings. The van der Waals surface area contributed by atoms with E-state index in [1.54, 1.807) is 55.7 Å². The molecule has 2 amide bonds. The van der Waals surface area contributed by atoms with Gasteiger partial charge in [0.2, 0.25) is 0 Å². The van der Waals surface area contributed by atoms with E-state index in [9.17, 15) is 14.4 Å². The van der Waals surface area contributed by atoms with Gasteiger partial charge >= 0.3 is 5.97 Å². The van der Waals surface area contributed by atoms with Crippen molar-refractivity contribution in [2.75, 3.05) is 19.1 Å². The standard InChI is InChI=1S/C25H22N2O5S/c1-15-12-18(16(2)26(15)20-7-5-6-17(13-20)24(29)32-4)14-22-23(28)27(25(30)33-22)19-8-10-21(31-3)11-9-19/h5-14H,1-4H3/b22-14-. The number of imide groups is 1. The van der Waals surface area contributed by atoms with E-state index < -0.39 is 5.97 Å². The maximum Gasteiger partial charge on any atom is 0.337 e. The van der Waals surface area contributed by atoms with Crippen LogP contribution in [0.3, 0.4) is 0 Å². The highest BCUT2D eigenvalue weighted by Crippen LogP contribution is 2.37. The Morgan fingerprint density at radius 3 is 2.36 bits per heavy atom. The summed E-state index contributed by atoms with van der Waals surface area (Å²) in [6.45, 7) is 3.87. The molecular formula is C25H22N2O5S. The van der Waals surface area contributed by atoms with Crippen LogP contribution in [-0.4, -0.2) is 35.9 Å². The summed E-state index contributed by atoms with van der Waals surface area (Å²) in [6.07, 6.45) is 1.73. The normalized spacial score (nSPS) is 14.8. The van der Waals surface area contributed by atoms with Crippen LogP contribution < -0.4 is 9.64 Å². The first-order valence-corrected chi connectivity index (χ1v) is 11.0. The van der Waals surface area contributed by atoms with Crippen molar-refractivity contribution >= 4 is 40.6 Å². The largest absolute Gasteiger partial charge is 0.497 e. The molecular weight excluding hydrogens is 440 g/mol. The smallest absolute Gasteiger partial charge is 0.337 e. The Bertz CT molecular complexity index is 1290. The summed E-state index contributed by atoms with van der Waals surface area (Å²) in [6, 6.07) is 15.9. The minimum atomic E-state index is -0.410. The lowest BCUT2D eigenvalue weighted by Crippen LogP contribution is -2.27. The number of ether oxygens (including phenoxy) is 2. The molecule has 33 heavy (non-hydrogen) atoms. The van der Waals surface area contributed by atoms with Gasteiger partial charge in [0.25, 0.3) is 11.1 Å². The third-order valence-electron chi connectivity index (χ3n) is 5.41. The number of thioether (sulfide) groups is 1. The molecule has 4 rings (SSSR count). The van der Waals surface area contributed by atoms with Gasteiger partial charge in [0.15, 0.2) is 0 Å². The van der Waals surface area contributed by atoms with Gasteiger partial charge in [-0.2, -0.15) is 0 Å². The zero-order chi connectivity index (χ0) is 23.7. The third-order valence-corrected chi connectivity index (χ3v) is 6.28. The summed E-state index contributed by atoms with van der Waals surface area (Å²) in [5, 5.41) is -0.351. The van der Waals surface area contributed by atoms with Gasteiger partial charge in [-0.3, -0.25) is 9.59 Å². The second-order valence-electron chi connectivity index (χ2n) is 7.42. The van der Waals surface area contributed by atoms with Crippen LogP contribution in [-0.2, 0) is 9.53 Å². The molecule has 3 aromatic rings. The molecule has 8 heteroatoms. The lowest BCUT2D eigenvalue weighted by atomic mass is 10.2. The minimum Gasteiger partial charge on any atom is -0.497 e. The monoisotopic (exact) mass is 462 g/mol. The first-order valence-electron chi connectivity index (χ1n) is 10.1. The van der Waals surface area contributed by atoms with Crippen molar-refractivity contribution in [3.8, 4) is 11.4 Å². The van der Waals surface area contributed by atoms with E-state index in [1.807, 2.05) is 30.5 Å². The van der Waals surface area contributed by atoms with Crippen molar-refractivity contribution in [1.82, 2.24) is 4.57 Å². The predicted molar refractivity (Wildman–Crippen MR) is 128 cm³/mol. The van der Waals surface area contributed by atoms with E-state index in [4.69, 9.17) is 9.47 Å². The summed E-state index contributed by atoms with van der Waals surface area (Å²) in [4.78, 5) is 39.1. The zero-order valence-electron chi connectivity index (χ0n) is 18.6. The van der Waals surface area contributed by atoms with Gasteiger partial charge in [-0.1, -0.05) is 6.07 Å². The van der Waals surface area contributed by atoms with E-state index in [0.717, 1.165) is 39.3 Å². The van der Waals surface area contributed by atoms with Gasteiger partial charge in [0.1, 0.15) is 5.75 Å². The van der Waals surface area contributed by atoms with Crippen LogP contribution in [0.1, 0.15) is 27.3 Å². The number of anilines is 1. The van der Waals surface area contributed by atoms with Gasteiger partial charge in [0.05, 0.1) is 30.4 Å². The van der Waals surface area contributed by atoms with Crippen LogP contribution in [0.5, 0.6) is 5.75 Å². The maximum absolute atomic E-state index is 13.0. The molecule has 0 atom stereocenters. The number of carbonyl (C=O) groups excluding carboxylic acids is 3. The topological polar surface area (TPSA) is 77.8 Å². The van der Waals surface area contributed by atoms with E-state index in [-0.39, 0.29) is 11.1 Å². The molecule has 2 heterocycles. The van der Waals surface area contributed by atoms with Gasteiger partial charge in [-0.25, -0.2) is 9.69 Å². The number of methoxy groups -OCH3 is 2. The van der Waals surface area contributed by atoms with Crippen LogP contribution in [0.25, 0.3) is 11.8 Å². The number of nitrogens with zero attached hydrogens (tertiary/aromatic N) is 2. The Balaban J connectivity index is 1.67. The van der Waals surface area contributed by atoms with Gasteiger partial charge < -0.3 is 14.0 Å². The van der Waals surface area contributed by atoms with Crippen molar-refractivity contribution in [3.63, 3.8) is 0 Å². The number of hydrogen-bond donors (Lipinski definition) is 0. The molecule has 1 aliphatic rings. The zero-order valence-corrected chi connectivity index (χ0v) is 19.4. The van der Waals surface area contributed by atoms with Gasteiger partial charge in [0, 0.05) is 17.1 Å². The molecule has 0 bridgehead atoms. The fourth-order valence-corrected chi connectivity index (χ4v) is 4.62. The van der Waals surface area contributed by atoms with Crippen molar-refractivity contribution in [2.24, 2.45) is 0 Å². The fourth-order valence-electron chi connectivity index (χ4n) is 3.78. The fraction of sp³-hybridized carbons (Fsp3) is 0.160. The number of aryl methyl sites for hydroxylation is 1. The first-order chi connectivity index (χ1) is 15.8. The first kappa shape index (κ1) is 22.4. The van der Waals surface area contributed by atoms with Gasteiger partial charge in [-0.15, -0.1) is 0 Å². The van der Waals surface area contributed by atoms with Crippen LogP contribution >= 0.6 is 11.8 Å². The highest BCUT2D eigenvalue weighted by molar-refractivity contribution is 8.19. The highest BCUT2D eigenvalue weighted by Gasteiger charge is 2.36. The number of esters is 1. The number of carbonyl (C=O) groups is 3.